The molecular weight excluding hydrogens is 382 g/mol. The van der Waals surface area contributed by atoms with Gasteiger partial charge < -0.3 is 5.32 Å². The van der Waals surface area contributed by atoms with Crippen molar-refractivity contribution in [3.05, 3.63) is 81.9 Å². The second-order valence-corrected chi connectivity index (χ2v) is 7.40. The number of allylic oxidation sites excluding steroid dienone is 2. The molecule has 0 radical (unpaired) electrons. The van der Waals surface area contributed by atoms with E-state index in [2.05, 4.69) is 21.2 Å². The van der Waals surface area contributed by atoms with Gasteiger partial charge in [-0.25, -0.2) is 0 Å². The molecule has 0 aliphatic carbocycles. The summed E-state index contributed by atoms with van der Waals surface area (Å²) < 4.78 is 0. The molecule has 154 valence electrons. The lowest BCUT2D eigenvalue weighted by Gasteiger charge is -2.20. The van der Waals surface area contributed by atoms with Crippen LogP contribution in [-0.4, -0.2) is 34.7 Å². The van der Waals surface area contributed by atoms with Crippen LogP contribution in [0.1, 0.15) is 44.4 Å². The highest BCUT2D eigenvalue weighted by Gasteiger charge is 2.35. The highest BCUT2D eigenvalue weighted by molar-refractivity contribution is 6.22. The van der Waals surface area contributed by atoms with E-state index < -0.39 is 0 Å². The van der Waals surface area contributed by atoms with Gasteiger partial charge in [-0.1, -0.05) is 6.07 Å². The van der Waals surface area contributed by atoms with Crippen LogP contribution >= 0.6 is 0 Å². The first-order valence-corrected chi connectivity index (χ1v) is 9.45. The SMILES string of the molecule is Cc1cncc(C2=CC=C(NC(=O)Cc3cc(C)cc4c3C(=O)N(C)C4=O)NN2)c1.[HH]. The summed E-state index contributed by atoms with van der Waals surface area (Å²) in [5, 5.41) is 2.78. The lowest BCUT2D eigenvalue weighted by Crippen LogP contribution is -2.41. The molecule has 2 aliphatic rings. The number of nitrogens with one attached hydrogen (secondary N) is 3. The summed E-state index contributed by atoms with van der Waals surface area (Å²) in [6, 6.07) is 5.45. The average molecular weight is 405 g/mol. The van der Waals surface area contributed by atoms with Crippen molar-refractivity contribution in [2.75, 3.05) is 7.05 Å². The van der Waals surface area contributed by atoms with Crippen LogP contribution in [0.3, 0.4) is 0 Å². The Labute approximate surface area is 175 Å². The summed E-state index contributed by atoms with van der Waals surface area (Å²) in [7, 11) is 1.44. The number of rotatable bonds is 4. The van der Waals surface area contributed by atoms with Gasteiger partial charge in [0.2, 0.25) is 5.91 Å². The molecule has 0 fully saturated rings. The second-order valence-electron chi connectivity index (χ2n) is 7.40. The number of imide groups is 1. The molecule has 2 aliphatic heterocycles. The number of benzene rings is 1. The van der Waals surface area contributed by atoms with Gasteiger partial charge in [-0.05, 0) is 54.8 Å². The summed E-state index contributed by atoms with van der Waals surface area (Å²) in [6.07, 6.45) is 7.09. The van der Waals surface area contributed by atoms with Gasteiger partial charge in [-0.3, -0.25) is 35.1 Å². The highest BCUT2D eigenvalue weighted by atomic mass is 16.2. The Bertz CT molecular complexity index is 1160. The van der Waals surface area contributed by atoms with E-state index in [1.165, 1.54) is 7.05 Å². The van der Waals surface area contributed by atoms with Gasteiger partial charge in [0.15, 0.2) is 0 Å². The average Bonchev–Trinajstić information content (AvgIpc) is 2.92. The molecule has 3 N–H and O–H groups in total. The van der Waals surface area contributed by atoms with Crippen molar-refractivity contribution in [2.45, 2.75) is 20.3 Å². The van der Waals surface area contributed by atoms with E-state index in [4.69, 9.17) is 0 Å². The molecule has 0 bridgehead atoms. The standard InChI is InChI=1S/C22H21N5O3.H2/c1-12-6-14(20-16(8-12)21(29)27(3)22(20)30)9-19(28)24-18-5-4-17(25-26-18)15-7-13(2)10-23-11-15;/h4-8,10-11,25-26H,9H2,1-3H3,(H,24,28);1H. The monoisotopic (exact) mass is 405 g/mol. The van der Waals surface area contributed by atoms with E-state index in [-0.39, 0.29) is 25.6 Å². The third kappa shape index (κ3) is 3.55. The molecule has 2 aromatic rings. The Balaban J connectivity index is 0.00000272. The molecule has 3 amide bonds. The molecule has 1 aromatic carbocycles. The van der Waals surface area contributed by atoms with Crippen molar-refractivity contribution in [2.24, 2.45) is 0 Å². The zero-order chi connectivity index (χ0) is 21.4. The molecule has 4 rings (SSSR count). The van der Waals surface area contributed by atoms with Crippen molar-refractivity contribution in [1.82, 2.24) is 26.1 Å². The minimum Gasteiger partial charge on any atom is -0.311 e. The highest BCUT2D eigenvalue weighted by Crippen LogP contribution is 2.27. The Morgan fingerprint density at radius 3 is 2.57 bits per heavy atom. The number of fused-ring (bicyclic) bond motifs is 1. The van der Waals surface area contributed by atoms with Crippen LogP contribution < -0.4 is 16.2 Å². The Kier molecular flexibility index (Phi) is 4.83. The normalized spacial score (nSPS) is 15.1. The quantitative estimate of drug-likeness (QED) is 0.671. The molecule has 0 unspecified atom stereocenters. The van der Waals surface area contributed by atoms with Gasteiger partial charge in [0.25, 0.3) is 11.8 Å². The number of hydrogen-bond donors (Lipinski definition) is 3. The Hall–Kier alpha value is -3.94. The van der Waals surface area contributed by atoms with Crippen LogP contribution in [0.25, 0.3) is 5.70 Å². The van der Waals surface area contributed by atoms with Gasteiger partial charge >= 0.3 is 0 Å². The van der Waals surface area contributed by atoms with E-state index in [0.29, 0.717) is 22.5 Å². The van der Waals surface area contributed by atoms with E-state index in [9.17, 15) is 14.4 Å². The largest absolute Gasteiger partial charge is 0.311 e. The fourth-order valence-electron chi connectivity index (χ4n) is 3.56. The minimum absolute atomic E-state index is 0. The van der Waals surface area contributed by atoms with Gasteiger partial charge in [0.1, 0.15) is 5.82 Å². The molecule has 8 heteroatoms. The van der Waals surface area contributed by atoms with E-state index >= 15 is 0 Å². The fourth-order valence-corrected chi connectivity index (χ4v) is 3.56. The maximum atomic E-state index is 12.6. The van der Waals surface area contributed by atoms with Crippen molar-refractivity contribution in [3.8, 4) is 0 Å². The summed E-state index contributed by atoms with van der Waals surface area (Å²) >= 11 is 0. The summed E-state index contributed by atoms with van der Waals surface area (Å²) in [6.45, 7) is 3.80. The lowest BCUT2D eigenvalue weighted by atomic mass is 9.97. The third-order valence-electron chi connectivity index (χ3n) is 4.98. The first-order valence-electron chi connectivity index (χ1n) is 9.45. The molecule has 0 spiro atoms. The van der Waals surface area contributed by atoms with Crippen LogP contribution in [0.4, 0.5) is 0 Å². The first kappa shape index (κ1) is 19.4. The van der Waals surface area contributed by atoms with Crippen LogP contribution in [0, 0.1) is 13.8 Å². The van der Waals surface area contributed by atoms with Crippen LogP contribution in [-0.2, 0) is 11.2 Å². The van der Waals surface area contributed by atoms with Gasteiger partial charge in [-0.2, -0.15) is 0 Å². The van der Waals surface area contributed by atoms with Gasteiger partial charge in [0.05, 0.1) is 23.2 Å². The number of nitrogens with zero attached hydrogens (tertiary/aromatic N) is 2. The lowest BCUT2D eigenvalue weighted by molar-refractivity contribution is -0.119. The Morgan fingerprint density at radius 1 is 1.07 bits per heavy atom. The van der Waals surface area contributed by atoms with E-state index in [1.54, 1.807) is 30.6 Å². The molecule has 3 heterocycles. The molecular formula is C22H23N5O3. The zero-order valence-electron chi connectivity index (χ0n) is 16.9. The maximum Gasteiger partial charge on any atom is 0.261 e. The summed E-state index contributed by atoms with van der Waals surface area (Å²) in [5.74, 6) is -0.543. The number of carbonyl (C=O) groups is 3. The minimum atomic E-state index is -0.381. The van der Waals surface area contributed by atoms with Gasteiger partial charge in [0, 0.05) is 26.4 Å². The van der Waals surface area contributed by atoms with Crippen molar-refractivity contribution in [3.63, 3.8) is 0 Å². The fraction of sp³-hybridized carbons (Fsp3) is 0.182. The van der Waals surface area contributed by atoms with Crippen LogP contribution in [0.2, 0.25) is 0 Å². The van der Waals surface area contributed by atoms with E-state index in [1.807, 2.05) is 26.0 Å². The Morgan fingerprint density at radius 2 is 1.87 bits per heavy atom. The number of amides is 3. The summed E-state index contributed by atoms with van der Waals surface area (Å²) in [4.78, 5) is 42.5. The van der Waals surface area contributed by atoms with Gasteiger partial charge in [-0.15, -0.1) is 0 Å². The number of pyridine rings is 1. The zero-order valence-corrected chi connectivity index (χ0v) is 16.9. The topological polar surface area (TPSA) is 103 Å². The predicted octanol–water partition coefficient (Wildman–Crippen LogP) is 1.82. The molecule has 0 atom stereocenters. The summed E-state index contributed by atoms with van der Waals surface area (Å²) in [5.41, 5.74) is 10.8. The second kappa shape index (κ2) is 7.47. The number of aryl methyl sites for hydroxylation is 2. The van der Waals surface area contributed by atoms with Crippen LogP contribution in [0.5, 0.6) is 0 Å². The molecule has 1 aromatic heterocycles. The molecule has 0 saturated heterocycles. The van der Waals surface area contributed by atoms with Crippen LogP contribution in [0.15, 0.2) is 48.6 Å². The predicted molar refractivity (Wildman–Crippen MR) is 113 cm³/mol. The van der Waals surface area contributed by atoms with Crippen molar-refractivity contribution in [1.29, 1.82) is 0 Å². The third-order valence-corrected chi connectivity index (χ3v) is 4.98. The molecule has 0 saturated carbocycles. The maximum absolute atomic E-state index is 12.6. The van der Waals surface area contributed by atoms with Crippen molar-refractivity contribution >= 4 is 23.4 Å². The number of carbonyl (C=O) groups excluding carboxylic acids is 3. The smallest absolute Gasteiger partial charge is 0.261 e. The van der Waals surface area contributed by atoms with Crippen molar-refractivity contribution < 1.29 is 15.8 Å². The number of aromatic nitrogens is 1. The molecule has 30 heavy (non-hydrogen) atoms. The first-order chi connectivity index (χ1) is 14.3. The number of hydrogen-bond acceptors (Lipinski definition) is 6. The van der Waals surface area contributed by atoms with E-state index in [0.717, 1.165) is 27.3 Å². The molecule has 8 nitrogen and oxygen atoms in total. The number of hydrazine groups is 1.